The number of hydrogen-bond donors (Lipinski definition) is 1. The average Bonchev–Trinajstić information content (AvgIpc) is 3.11. The number of ketones is 2. The molecule has 1 aliphatic rings. The van der Waals surface area contributed by atoms with Crippen LogP contribution < -0.4 is 0 Å². The average molecular weight is 332 g/mol. The Hall–Kier alpha value is -3.54. The molecule has 6 heteroatoms. The van der Waals surface area contributed by atoms with Gasteiger partial charge in [0.25, 0.3) is 0 Å². The molecule has 0 aliphatic heterocycles. The second-order valence-corrected chi connectivity index (χ2v) is 5.58. The predicted molar refractivity (Wildman–Crippen MR) is 88.7 cm³/mol. The van der Waals surface area contributed by atoms with Crippen molar-refractivity contribution in [2.75, 3.05) is 7.11 Å². The predicted octanol–water partition coefficient (Wildman–Crippen LogP) is 2.64. The van der Waals surface area contributed by atoms with E-state index in [0.29, 0.717) is 28.1 Å². The molecule has 0 bridgehead atoms. The Bertz CT molecular complexity index is 979. The summed E-state index contributed by atoms with van der Waals surface area (Å²) in [4.78, 5) is 43.9. The van der Waals surface area contributed by atoms with Gasteiger partial charge in [0.15, 0.2) is 0 Å². The Morgan fingerprint density at radius 2 is 1.60 bits per heavy atom. The number of esters is 1. The molecule has 0 radical (unpaired) electrons. The van der Waals surface area contributed by atoms with Gasteiger partial charge < -0.3 is 9.72 Å². The first-order valence-electron chi connectivity index (χ1n) is 7.57. The number of aromatic amines is 1. The smallest absolute Gasteiger partial charge is 0.337 e. The number of aromatic nitrogens is 2. The van der Waals surface area contributed by atoms with Gasteiger partial charge in [-0.1, -0.05) is 36.4 Å². The van der Waals surface area contributed by atoms with Gasteiger partial charge in [-0.3, -0.25) is 9.59 Å². The van der Waals surface area contributed by atoms with E-state index < -0.39 is 5.97 Å². The van der Waals surface area contributed by atoms with E-state index in [4.69, 9.17) is 0 Å². The molecule has 0 fully saturated rings. The van der Waals surface area contributed by atoms with Gasteiger partial charge in [0, 0.05) is 16.7 Å². The third-order valence-corrected chi connectivity index (χ3v) is 4.14. The number of nitrogens with one attached hydrogen (secondary N) is 1. The molecular formula is C19H12N2O4. The van der Waals surface area contributed by atoms with Crippen molar-refractivity contribution in [1.29, 1.82) is 0 Å². The summed E-state index contributed by atoms with van der Waals surface area (Å²) >= 11 is 0. The van der Waals surface area contributed by atoms with Crippen LogP contribution in [0.1, 0.15) is 42.5 Å². The van der Waals surface area contributed by atoms with E-state index in [1.165, 1.54) is 7.11 Å². The number of benzene rings is 2. The number of carbonyl (C=O) groups is 3. The molecular weight excluding hydrogens is 320 g/mol. The normalized spacial score (nSPS) is 12.5. The van der Waals surface area contributed by atoms with Gasteiger partial charge in [-0.25, -0.2) is 9.78 Å². The number of hydrogen-bond acceptors (Lipinski definition) is 5. The van der Waals surface area contributed by atoms with Crippen LogP contribution in [0.2, 0.25) is 0 Å². The van der Waals surface area contributed by atoms with Crippen molar-refractivity contribution in [3.63, 3.8) is 0 Å². The summed E-state index contributed by atoms with van der Waals surface area (Å²) in [5.41, 5.74) is 2.11. The van der Waals surface area contributed by atoms with Crippen molar-refractivity contribution < 1.29 is 19.1 Å². The second kappa shape index (κ2) is 5.52. The molecule has 1 N–H and O–H groups in total. The van der Waals surface area contributed by atoms with E-state index in [1.807, 2.05) is 0 Å². The quantitative estimate of drug-likeness (QED) is 0.570. The van der Waals surface area contributed by atoms with Gasteiger partial charge in [-0.05, 0) is 12.1 Å². The second-order valence-electron chi connectivity index (χ2n) is 5.58. The fourth-order valence-corrected chi connectivity index (χ4v) is 2.86. The van der Waals surface area contributed by atoms with Crippen molar-refractivity contribution >= 4 is 17.5 Å². The Kier molecular flexibility index (Phi) is 3.32. The molecule has 122 valence electrons. The Morgan fingerprint density at radius 1 is 0.960 bits per heavy atom. The number of carbonyl (C=O) groups excluding carboxylic acids is 3. The van der Waals surface area contributed by atoms with Crippen molar-refractivity contribution in [3.8, 4) is 11.4 Å². The zero-order valence-corrected chi connectivity index (χ0v) is 13.2. The summed E-state index contributed by atoms with van der Waals surface area (Å²) in [5, 5.41) is 0. The minimum Gasteiger partial charge on any atom is -0.465 e. The SMILES string of the molecule is COC(=O)c1ccc(-c2nc3c([nH]2)C(=O)c2ccccc2C3=O)cc1. The summed E-state index contributed by atoms with van der Waals surface area (Å²) in [6.07, 6.45) is 0. The van der Waals surface area contributed by atoms with Crippen molar-refractivity contribution in [1.82, 2.24) is 9.97 Å². The first-order valence-corrected chi connectivity index (χ1v) is 7.57. The summed E-state index contributed by atoms with van der Waals surface area (Å²) in [5.74, 6) is -0.573. The summed E-state index contributed by atoms with van der Waals surface area (Å²) in [6.45, 7) is 0. The van der Waals surface area contributed by atoms with E-state index in [-0.39, 0.29) is 23.0 Å². The number of imidazole rings is 1. The molecule has 6 nitrogen and oxygen atoms in total. The monoisotopic (exact) mass is 332 g/mol. The number of nitrogens with zero attached hydrogens (tertiary/aromatic N) is 1. The maximum atomic E-state index is 12.6. The van der Waals surface area contributed by atoms with Crippen LogP contribution >= 0.6 is 0 Å². The Labute approximate surface area is 142 Å². The van der Waals surface area contributed by atoms with Gasteiger partial charge in [0.1, 0.15) is 17.2 Å². The van der Waals surface area contributed by atoms with Gasteiger partial charge >= 0.3 is 5.97 Å². The number of H-pyrrole nitrogens is 1. The fourth-order valence-electron chi connectivity index (χ4n) is 2.86. The number of ether oxygens (including phenoxy) is 1. The molecule has 0 amide bonds. The molecule has 3 aromatic rings. The maximum absolute atomic E-state index is 12.6. The highest BCUT2D eigenvalue weighted by Crippen LogP contribution is 2.28. The van der Waals surface area contributed by atoms with Gasteiger partial charge in [0.05, 0.1) is 12.7 Å². The molecule has 0 spiro atoms. The lowest BCUT2D eigenvalue weighted by Gasteiger charge is -2.11. The zero-order chi connectivity index (χ0) is 17.6. The van der Waals surface area contributed by atoms with Crippen LogP contribution in [0, 0.1) is 0 Å². The Morgan fingerprint density at radius 3 is 2.24 bits per heavy atom. The highest BCUT2D eigenvalue weighted by molar-refractivity contribution is 6.27. The van der Waals surface area contributed by atoms with E-state index in [0.717, 1.165) is 0 Å². The summed E-state index contributed by atoms with van der Waals surface area (Å²) < 4.78 is 4.66. The molecule has 0 saturated carbocycles. The lowest BCUT2D eigenvalue weighted by molar-refractivity contribution is 0.0600. The topological polar surface area (TPSA) is 89.1 Å². The molecule has 25 heavy (non-hydrogen) atoms. The van der Waals surface area contributed by atoms with Gasteiger partial charge in [-0.15, -0.1) is 0 Å². The van der Waals surface area contributed by atoms with Crippen molar-refractivity contribution in [2.24, 2.45) is 0 Å². The van der Waals surface area contributed by atoms with Crippen LogP contribution in [-0.4, -0.2) is 34.6 Å². The van der Waals surface area contributed by atoms with Crippen molar-refractivity contribution in [2.45, 2.75) is 0 Å². The molecule has 1 aromatic heterocycles. The van der Waals surface area contributed by atoms with Crippen LogP contribution in [0.4, 0.5) is 0 Å². The number of rotatable bonds is 2. The fraction of sp³-hybridized carbons (Fsp3) is 0.0526. The minimum atomic E-state index is -0.439. The molecule has 4 rings (SSSR count). The highest BCUT2D eigenvalue weighted by Gasteiger charge is 2.33. The molecule has 0 atom stereocenters. The number of fused-ring (bicyclic) bond motifs is 2. The summed E-state index contributed by atoms with van der Waals surface area (Å²) in [6, 6.07) is 13.2. The maximum Gasteiger partial charge on any atom is 0.337 e. The third-order valence-electron chi connectivity index (χ3n) is 4.14. The van der Waals surface area contributed by atoms with Crippen LogP contribution in [0.5, 0.6) is 0 Å². The highest BCUT2D eigenvalue weighted by atomic mass is 16.5. The van der Waals surface area contributed by atoms with Crippen LogP contribution in [0.3, 0.4) is 0 Å². The lowest BCUT2D eigenvalue weighted by Crippen LogP contribution is -2.20. The first-order chi connectivity index (χ1) is 12.1. The molecule has 2 aromatic carbocycles. The van der Waals surface area contributed by atoms with Crippen LogP contribution in [-0.2, 0) is 4.74 Å². The van der Waals surface area contributed by atoms with Crippen molar-refractivity contribution in [3.05, 3.63) is 76.6 Å². The minimum absolute atomic E-state index is 0.121. The van der Waals surface area contributed by atoms with Gasteiger partial charge in [0.2, 0.25) is 11.6 Å². The zero-order valence-electron chi connectivity index (χ0n) is 13.2. The third kappa shape index (κ3) is 2.27. The molecule has 1 aliphatic carbocycles. The largest absolute Gasteiger partial charge is 0.465 e. The Balaban J connectivity index is 1.77. The number of methoxy groups -OCH3 is 1. The van der Waals surface area contributed by atoms with E-state index in [2.05, 4.69) is 14.7 Å². The van der Waals surface area contributed by atoms with E-state index in [1.54, 1.807) is 48.5 Å². The molecule has 0 saturated heterocycles. The lowest BCUT2D eigenvalue weighted by atomic mass is 9.90. The van der Waals surface area contributed by atoms with Crippen LogP contribution in [0.25, 0.3) is 11.4 Å². The van der Waals surface area contributed by atoms with E-state index in [9.17, 15) is 14.4 Å². The summed E-state index contributed by atoms with van der Waals surface area (Å²) in [7, 11) is 1.31. The van der Waals surface area contributed by atoms with Gasteiger partial charge in [-0.2, -0.15) is 0 Å². The first kappa shape index (κ1) is 15.0. The van der Waals surface area contributed by atoms with Crippen LogP contribution in [0.15, 0.2) is 48.5 Å². The van der Waals surface area contributed by atoms with E-state index >= 15 is 0 Å². The standard InChI is InChI=1S/C19H12N2O4/c1-25-19(24)11-8-6-10(7-9-11)18-20-14-15(21-18)17(23)13-5-3-2-4-12(13)16(14)22/h2-9H,1H3,(H,20,21). The molecule has 1 heterocycles. The molecule has 0 unspecified atom stereocenters.